The lowest BCUT2D eigenvalue weighted by atomic mass is 9.97. The van der Waals surface area contributed by atoms with E-state index in [0.717, 1.165) is 12.4 Å². The first kappa shape index (κ1) is 12.4. The van der Waals surface area contributed by atoms with E-state index in [9.17, 15) is 0 Å². The molecule has 0 amide bonds. The molecule has 17 heavy (non-hydrogen) atoms. The zero-order valence-corrected chi connectivity index (χ0v) is 10.7. The molecule has 3 heteroatoms. The first-order valence-corrected chi connectivity index (χ1v) is 6.75. The summed E-state index contributed by atoms with van der Waals surface area (Å²) in [5.41, 5.74) is 1.37. The van der Waals surface area contributed by atoms with Crippen LogP contribution in [0.25, 0.3) is 0 Å². The van der Waals surface area contributed by atoms with E-state index in [2.05, 4.69) is 21.7 Å². The fraction of sp³-hybridized carbons (Fsp3) is 0.643. The molecule has 94 valence electrons. The Morgan fingerprint density at radius 2 is 2.35 bits per heavy atom. The number of hydrogen-bond acceptors (Lipinski definition) is 3. The van der Waals surface area contributed by atoms with E-state index in [1.54, 1.807) is 0 Å². The van der Waals surface area contributed by atoms with Gasteiger partial charge >= 0.3 is 0 Å². The molecule has 3 nitrogen and oxygen atoms in total. The van der Waals surface area contributed by atoms with Crippen molar-refractivity contribution < 1.29 is 0 Å². The van der Waals surface area contributed by atoms with Crippen molar-refractivity contribution in [2.75, 3.05) is 18.9 Å². The average molecular weight is 233 g/mol. The van der Waals surface area contributed by atoms with Crippen LogP contribution in [0.3, 0.4) is 0 Å². The molecule has 0 saturated carbocycles. The lowest BCUT2D eigenvalue weighted by Gasteiger charge is -2.25. The maximum absolute atomic E-state index is 4.41. The minimum Gasteiger partial charge on any atom is -0.367 e. The standard InChI is InChI=1S/C14H23N3/c1-15-10-4-2-3-7-13-9-8-12-6-5-11-16-14(12)17-13/h5-6,11,13,15H,2-4,7-10H2,1H3,(H,16,17)/t13-/m0/s1. The molecule has 2 rings (SSSR count). The lowest BCUT2D eigenvalue weighted by Crippen LogP contribution is -2.26. The van der Waals surface area contributed by atoms with Gasteiger partial charge in [-0.15, -0.1) is 0 Å². The van der Waals surface area contributed by atoms with Gasteiger partial charge in [-0.25, -0.2) is 4.98 Å². The topological polar surface area (TPSA) is 37.0 Å². The monoisotopic (exact) mass is 233 g/mol. The second-order valence-electron chi connectivity index (χ2n) is 4.84. The van der Waals surface area contributed by atoms with E-state index in [1.165, 1.54) is 44.1 Å². The number of hydrogen-bond donors (Lipinski definition) is 2. The Bertz CT molecular complexity index is 338. The predicted octanol–water partition coefficient (Wildman–Crippen LogP) is 2.59. The molecule has 0 fully saturated rings. The summed E-state index contributed by atoms with van der Waals surface area (Å²) < 4.78 is 0. The molecule has 1 aliphatic heterocycles. The number of rotatable bonds is 6. The number of aryl methyl sites for hydroxylation is 1. The highest BCUT2D eigenvalue weighted by Crippen LogP contribution is 2.24. The second kappa shape index (κ2) is 6.60. The Kier molecular flexibility index (Phi) is 4.80. The van der Waals surface area contributed by atoms with E-state index in [0.29, 0.717) is 6.04 Å². The van der Waals surface area contributed by atoms with E-state index in [-0.39, 0.29) is 0 Å². The van der Waals surface area contributed by atoms with Crippen molar-refractivity contribution in [2.45, 2.75) is 44.6 Å². The van der Waals surface area contributed by atoms with Gasteiger partial charge in [-0.1, -0.05) is 18.9 Å². The summed E-state index contributed by atoms with van der Waals surface area (Å²) >= 11 is 0. The molecule has 2 heterocycles. The van der Waals surface area contributed by atoms with Crippen molar-refractivity contribution in [3.8, 4) is 0 Å². The third kappa shape index (κ3) is 3.70. The minimum atomic E-state index is 0.631. The molecular formula is C14H23N3. The van der Waals surface area contributed by atoms with Gasteiger partial charge < -0.3 is 10.6 Å². The Morgan fingerprint density at radius 3 is 3.24 bits per heavy atom. The van der Waals surface area contributed by atoms with Gasteiger partial charge in [0.1, 0.15) is 5.82 Å². The summed E-state index contributed by atoms with van der Waals surface area (Å²) in [5, 5.41) is 6.75. The maximum Gasteiger partial charge on any atom is 0.129 e. The quantitative estimate of drug-likeness (QED) is 0.742. The van der Waals surface area contributed by atoms with Gasteiger partial charge in [0.2, 0.25) is 0 Å². The Hall–Kier alpha value is -1.09. The molecule has 0 radical (unpaired) electrons. The summed E-state index contributed by atoms with van der Waals surface area (Å²) in [7, 11) is 2.02. The number of nitrogens with zero attached hydrogens (tertiary/aromatic N) is 1. The predicted molar refractivity (Wildman–Crippen MR) is 72.4 cm³/mol. The van der Waals surface area contributed by atoms with Gasteiger partial charge in [0.15, 0.2) is 0 Å². The van der Waals surface area contributed by atoms with Crippen LogP contribution in [0.2, 0.25) is 0 Å². The maximum atomic E-state index is 4.41. The summed E-state index contributed by atoms with van der Waals surface area (Å²) in [6, 6.07) is 4.84. The molecule has 1 aromatic heterocycles. The van der Waals surface area contributed by atoms with Crippen LogP contribution in [0.15, 0.2) is 18.3 Å². The highest BCUT2D eigenvalue weighted by Gasteiger charge is 2.17. The smallest absolute Gasteiger partial charge is 0.129 e. The molecule has 1 aromatic rings. The van der Waals surface area contributed by atoms with Crippen LogP contribution in [0, 0.1) is 0 Å². The SMILES string of the molecule is CNCCCCC[C@H]1CCc2cccnc2N1. The number of pyridine rings is 1. The lowest BCUT2D eigenvalue weighted by molar-refractivity contribution is 0.531. The van der Waals surface area contributed by atoms with Crippen LogP contribution in [0.5, 0.6) is 0 Å². The fourth-order valence-corrected chi connectivity index (χ4v) is 2.45. The summed E-state index contributed by atoms with van der Waals surface area (Å²) in [5.74, 6) is 1.11. The first-order valence-electron chi connectivity index (χ1n) is 6.75. The van der Waals surface area contributed by atoms with Gasteiger partial charge in [0.05, 0.1) is 0 Å². The average Bonchev–Trinajstić information content (AvgIpc) is 2.38. The van der Waals surface area contributed by atoms with E-state index < -0.39 is 0 Å². The van der Waals surface area contributed by atoms with Gasteiger partial charge in [0.25, 0.3) is 0 Å². The van der Waals surface area contributed by atoms with E-state index in [4.69, 9.17) is 0 Å². The number of aromatic nitrogens is 1. The Balaban J connectivity index is 1.71. The Morgan fingerprint density at radius 1 is 1.41 bits per heavy atom. The highest BCUT2D eigenvalue weighted by atomic mass is 15.0. The van der Waals surface area contributed by atoms with Gasteiger partial charge in [0, 0.05) is 12.2 Å². The third-order valence-corrected chi connectivity index (χ3v) is 3.47. The Labute approximate surface area is 104 Å². The van der Waals surface area contributed by atoms with Crippen LogP contribution >= 0.6 is 0 Å². The molecule has 1 aliphatic rings. The van der Waals surface area contributed by atoms with Crippen molar-refractivity contribution in [1.82, 2.24) is 10.3 Å². The molecule has 0 aliphatic carbocycles. The number of anilines is 1. The first-order chi connectivity index (χ1) is 8.40. The van der Waals surface area contributed by atoms with Crippen LogP contribution in [-0.4, -0.2) is 24.6 Å². The number of unbranched alkanes of at least 4 members (excludes halogenated alkanes) is 2. The molecule has 0 saturated heterocycles. The summed E-state index contributed by atoms with van der Waals surface area (Å²) in [4.78, 5) is 4.41. The zero-order valence-electron chi connectivity index (χ0n) is 10.7. The zero-order chi connectivity index (χ0) is 11.9. The van der Waals surface area contributed by atoms with Gasteiger partial charge in [-0.3, -0.25) is 0 Å². The highest BCUT2D eigenvalue weighted by molar-refractivity contribution is 5.46. The van der Waals surface area contributed by atoms with Gasteiger partial charge in [-0.05, 0) is 50.9 Å². The second-order valence-corrected chi connectivity index (χ2v) is 4.84. The molecule has 0 spiro atoms. The molecule has 0 bridgehead atoms. The largest absolute Gasteiger partial charge is 0.367 e. The fourth-order valence-electron chi connectivity index (χ4n) is 2.45. The minimum absolute atomic E-state index is 0.631. The van der Waals surface area contributed by atoms with Crippen LogP contribution < -0.4 is 10.6 Å². The molecule has 1 atom stereocenters. The normalized spacial score (nSPS) is 18.5. The third-order valence-electron chi connectivity index (χ3n) is 3.47. The van der Waals surface area contributed by atoms with Crippen LogP contribution in [-0.2, 0) is 6.42 Å². The van der Waals surface area contributed by atoms with Gasteiger partial charge in [-0.2, -0.15) is 0 Å². The molecule has 0 unspecified atom stereocenters. The molecule has 0 aromatic carbocycles. The van der Waals surface area contributed by atoms with Crippen molar-refractivity contribution in [3.63, 3.8) is 0 Å². The van der Waals surface area contributed by atoms with Crippen molar-refractivity contribution in [2.24, 2.45) is 0 Å². The molecule has 2 N–H and O–H groups in total. The van der Waals surface area contributed by atoms with E-state index >= 15 is 0 Å². The van der Waals surface area contributed by atoms with Crippen molar-refractivity contribution in [1.29, 1.82) is 0 Å². The number of fused-ring (bicyclic) bond motifs is 1. The van der Waals surface area contributed by atoms with E-state index in [1.807, 2.05) is 19.3 Å². The number of nitrogens with one attached hydrogen (secondary N) is 2. The van der Waals surface area contributed by atoms with Crippen molar-refractivity contribution in [3.05, 3.63) is 23.9 Å². The molecular weight excluding hydrogens is 210 g/mol. The van der Waals surface area contributed by atoms with Crippen molar-refractivity contribution >= 4 is 5.82 Å². The summed E-state index contributed by atoms with van der Waals surface area (Å²) in [6.45, 7) is 1.14. The summed E-state index contributed by atoms with van der Waals surface area (Å²) in [6.07, 6.45) is 9.52. The van der Waals surface area contributed by atoms with Crippen LogP contribution in [0.4, 0.5) is 5.82 Å². The van der Waals surface area contributed by atoms with Crippen LogP contribution in [0.1, 0.15) is 37.7 Å².